The standard InChI is InChI=1S/C13H16N2O/c1-8-5-10-11(14-3)7-9(2)15-13(10)12(6-8)16-4/h5-7H,1-4H3,(H,14,15). The van der Waals surface area contributed by atoms with Crippen LogP contribution in [0.1, 0.15) is 11.3 Å². The second-order valence-corrected chi connectivity index (χ2v) is 3.92. The molecule has 1 aromatic carbocycles. The van der Waals surface area contributed by atoms with Gasteiger partial charge < -0.3 is 10.1 Å². The van der Waals surface area contributed by atoms with Crippen LogP contribution in [0.25, 0.3) is 10.9 Å². The number of hydrogen-bond acceptors (Lipinski definition) is 3. The SMILES string of the molecule is CNc1cc(C)nc2c(OC)cc(C)cc12. The largest absolute Gasteiger partial charge is 0.494 e. The van der Waals surface area contributed by atoms with E-state index in [4.69, 9.17) is 4.74 Å². The molecule has 84 valence electrons. The molecule has 1 N–H and O–H groups in total. The van der Waals surface area contributed by atoms with Crippen LogP contribution < -0.4 is 10.1 Å². The molecule has 0 aliphatic carbocycles. The predicted octanol–water partition coefficient (Wildman–Crippen LogP) is 2.90. The monoisotopic (exact) mass is 216 g/mol. The Bertz CT molecular complexity index is 486. The third kappa shape index (κ3) is 1.69. The number of aromatic nitrogens is 1. The van der Waals surface area contributed by atoms with Gasteiger partial charge in [-0.05, 0) is 37.6 Å². The Hall–Kier alpha value is -1.77. The molecule has 2 rings (SSSR count). The minimum atomic E-state index is 0.829. The number of pyridine rings is 1. The summed E-state index contributed by atoms with van der Waals surface area (Å²) in [4.78, 5) is 4.53. The van der Waals surface area contributed by atoms with Gasteiger partial charge in [-0.3, -0.25) is 0 Å². The number of methoxy groups -OCH3 is 1. The molecule has 2 aromatic rings. The fourth-order valence-electron chi connectivity index (χ4n) is 1.92. The van der Waals surface area contributed by atoms with Crippen LogP contribution in [0.5, 0.6) is 5.75 Å². The Morgan fingerprint density at radius 1 is 1.19 bits per heavy atom. The van der Waals surface area contributed by atoms with Crippen LogP contribution in [0.2, 0.25) is 0 Å². The summed E-state index contributed by atoms with van der Waals surface area (Å²) < 4.78 is 5.37. The van der Waals surface area contributed by atoms with E-state index in [1.165, 1.54) is 5.56 Å². The van der Waals surface area contributed by atoms with Gasteiger partial charge in [0.15, 0.2) is 0 Å². The van der Waals surface area contributed by atoms with Gasteiger partial charge in [0.05, 0.1) is 7.11 Å². The Labute approximate surface area is 95.5 Å². The van der Waals surface area contributed by atoms with Gasteiger partial charge in [0.1, 0.15) is 11.3 Å². The predicted molar refractivity (Wildman–Crippen MR) is 67.3 cm³/mol. The molecule has 0 radical (unpaired) electrons. The van der Waals surface area contributed by atoms with E-state index in [1.807, 2.05) is 26.1 Å². The molecule has 1 heterocycles. The molecule has 0 atom stereocenters. The van der Waals surface area contributed by atoms with Crippen molar-refractivity contribution in [2.75, 3.05) is 19.5 Å². The van der Waals surface area contributed by atoms with E-state index in [1.54, 1.807) is 7.11 Å². The molecule has 16 heavy (non-hydrogen) atoms. The summed E-state index contributed by atoms with van der Waals surface area (Å²) in [5.74, 6) is 0.829. The van der Waals surface area contributed by atoms with E-state index in [0.29, 0.717) is 0 Å². The first-order valence-electron chi connectivity index (χ1n) is 5.29. The van der Waals surface area contributed by atoms with Crippen molar-refractivity contribution in [3.8, 4) is 5.75 Å². The molecule has 1 aromatic heterocycles. The van der Waals surface area contributed by atoms with E-state index in [0.717, 1.165) is 28.0 Å². The highest BCUT2D eigenvalue weighted by Gasteiger charge is 2.08. The lowest BCUT2D eigenvalue weighted by molar-refractivity contribution is 0.418. The Morgan fingerprint density at radius 2 is 1.94 bits per heavy atom. The zero-order valence-corrected chi connectivity index (χ0v) is 10.1. The van der Waals surface area contributed by atoms with E-state index < -0.39 is 0 Å². The minimum absolute atomic E-state index is 0.829. The van der Waals surface area contributed by atoms with Crippen molar-refractivity contribution in [2.24, 2.45) is 0 Å². The van der Waals surface area contributed by atoms with E-state index in [-0.39, 0.29) is 0 Å². The van der Waals surface area contributed by atoms with Crippen molar-refractivity contribution in [3.05, 3.63) is 29.5 Å². The third-order valence-corrected chi connectivity index (χ3v) is 2.64. The summed E-state index contributed by atoms with van der Waals surface area (Å²) in [5.41, 5.74) is 4.16. The van der Waals surface area contributed by atoms with E-state index in [9.17, 15) is 0 Å². The normalized spacial score (nSPS) is 10.5. The van der Waals surface area contributed by atoms with Crippen LogP contribution in [0.4, 0.5) is 5.69 Å². The van der Waals surface area contributed by atoms with E-state index in [2.05, 4.69) is 23.3 Å². The van der Waals surface area contributed by atoms with Crippen molar-refractivity contribution in [1.82, 2.24) is 4.98 Å². The number of benzene rings is 1. The van der Waals surface area contributed by atoms with Crippen LogP contribution in [0.15, 0.2) is 18.2 Å². The first kappa shape index (κ1) is 10.7. The maximum absolute atomic E-state index is 5.37. The van der Waals surface area contributed by atoms with Crippen LogP contribution in [-0.2, 0) is 0 Å². The fraction of sp³-hybridized carbons (Fsp3) is 0.308. The van der Waals surface area contributed by atoms with Crippen LogP contribution in [0.3, 0.4) is 0 Å². The first-order chi connectivity index (χ1) is 7.65. The zero-order valence-electron chi connectivity index (χ0n) is 10.1. The van der Waals surface area contributed by atoms with Crippen LogP contribution in [-0.4, -0.2) is 19.1 Å². The van der Waals surface area contributed by atoms with Gasteiger partial charge in [0, 0.05) is 23.8 Å². The topological polar surface area (TPSA) is 34.2 Å². The van der Waals surface area contributed by atoms with Gasteiger partial charge in [0.2, 0.25) is 0 Å². The molecule has 0 spiro atoms. The lowest BCUT2D eigenvalue weighted by Crippen LogP contribution is -1.96. The van der Waals surface area contributed by atoms with Crippen molar-refractivity contribution in [2.45, 2.75) is 13.8 Å². The maximum Gasteiger partial charge on any atom is 0.145 e. The minimum Gasteiger partial charge on any atom is -0.494 e. The lowest BCUT2D eigenvalue weighted by Gasteiger charge is -2.11. The zero-order chi connectivity index (χ0) is 11.7. The molecule has 0 saturated carbocycles. The molecular weight excluding hydrogens is 200 g/mol. The highest BCUT2D eigenvalue weighted by Crippen LogP contribution is 2.31. The number of anilines is 1. The van der Waals surface area contributed by atoms with Gasteiger partial charge >= 0.3 is 0 Å². The van der Waals surface area contributed by atoms with Crippen molar-refractivity contribution in [1.29, 1.82) is 0 Å². The van der Waals surface area contributed by atoms with Crippen molar-refractivity contribution in [3.63, 3.8) is 0 Å². The summed E-state index contributed by atoms with van der Waals surface area (Å²) in [6, 6.07) is 6.17. The van der Waals surface area contributed by atoms with Crippen molar-refractivity contribution >= 4 is 16.6 Å². The molecule has 3 nitrogen and oxygen atoms in total. The maximum atomic E-state index is 5.37. The number of aryl methyl sites for hydroxylation is 2. The van der Waals surface area contributed by atoms with Gasteiger partial charge in [-0.25, -0.2) is 4.98 Å². The molecule has 0 aliphatic heterocycles. The van der Waals surface area contributed by atoms with Crippen LogP contribution in [0, 0.1) is 13.8 Å². The highest BCUT2D eigenvalue weighted by atomic mass is 16.5. The summed E-state index contributed by atoms with van der Waals surface area (Å²) in [6.07, 6.45) is 0. The van der Waals surface area contributed by atoms with Crippen molar-refractivity contribution < 1.29 is 4.74 Å². The second kappa shape index (κ2) is 4.00. The summed E-state index contributed by atoms with van der Waals surface area (Å²) in [7, 11) is 3.60. The number of nitrogens with zero attached hydrogens (tertiary/aromatic N) is 1. The Balaban J connectivity index is 2.87. The molecule has 0 bridgehead atoms. The average molecular weight is 216 g/mol. The van der Waals surface area contributed by atoms with Crippen LogP contribution >= 0.6 is 0 Å². The molecule has 3 heteroatoms. The molecule has 0 saturated heterocycles. The number of rotatable bonds is 2. The second-order valence-electron chi connectivity index (χ2n) is 3.92. The highest BCUT2D eigenvalue weighted by molar-refractivity contribution is 5.95. The van der Waals surface area contributed by atoms with Gasteiger partial charge in [-0.2, -0.15) is 0 Å². The van der Waals surface area contributed by atoms with Gasteiger partial charge in [-0.1, -0.05) is 0 Å². The number of fused-ring (bicyclic) bond motifs is 1. The van der Waals surface area contributed by atoms with E-state index >= 15 is 0 Å². The Morgan fingerprint density at radius 3 is 2.56 bits per heavy atom. The Kier molecular flexibility index (Phi) is 2.69. The number of hydrogen-bond donors (Lipinski definition) is 1. The quantitative estimate of drug-likeness (QED) is 0.838. The first-order valence-corrected chi connectivity index (χ1v) is 5.29. The number of nitrogens with one attached hydrogen (secondary N) is 1. The molecule has 0 amide bonds. The smallest absolute Gasteiger partial charge is 0.145 e. The summed E-state index contributed by atoms with van der Waals surface area (Å²) >= 11 is 0. The van der Waals surface area contributed by atoms with Gasteiger partial charge in [0.25, 0.3) is 0 Å². The molecule has 0 fully saturated rings. The van der Waals surface area contributed by atoms with Gasteiger partial charge in [-0.15, -0.1) is 0 Å². The third-order valence-electron chi connectivity index (χ3n) is 2.64. The average Bonchev–Trinajstić information content (AvgIpc) is 2.27. The lowest BCUT2D eigenvalue weighted by atomic mass is 10.1. The summed E-state index contributed by atoms with van der Waals surface area (Å²) in [6.45, 7) is 4.04. The number of ether oxygens (including phenoxy) is 1. The molecule has 0 unspecified atom stereocenters. The summed E-state index contributed by atoms with van der Waals surface area (Å²) in [5, 5.41) is 4.30. The molecule has 0 aliphatic rings. The molecular formula is C13H16N2O. The fourth-order valence-corrected chi connectivity index (χ4v) is 1.92.